The van der Waals surface area contributed by atoms with Gasteiger partial charge in [-0.1, -0.05) is 0 Å². The number of aryl methyl sites for hydroxylation is 1. The SMILES string of the molecule is CCOC(=O)c1c(NC(=O)N(C)Cc2c(C(C)(F)F)sc3c2CCN(C(=O)C(C)N)C3)sc2c1CCCC2. The topological polar surface area (TPSA) is 105 Å². The van der Waals surface area contributed by atoms with Crippen LogP contribution >= 0.6 is 22.7 Å². The molecule has 0 bridgehead atoms. The van der Waals surface area contributed by atoms with Gasteiger partial charge in [-0.05, 0) is 62.6 Å². The molecule has 8 nitrogen and oxygen atoms in total. The van der Waals surface area contributed by atoms with E-state index in [-0.39, 0.29) is 30.5 Å². The number of halogens is 2. The predicted molar refractivity (Wildman–Crippen MR) is 144 cm³/mol. The quantitative estimate of drug-likeness (QED) is 0.464. The molecule has 2 aliphatic rings. The fourth-order valence-corrected chi connectivity index (χ4v) is 7.61. The number of nitrogens with two attached hydrogens (primary N) is 1. The molecule has 12 heteroatoms. The third kappa shape index (κ3) is 5.72. The fourth-order valence-electron chi connectivity index (χ4n) is 5.04. The molecule has 0 saturated carbocycles. The number of hydrogen-bond donors (Lipinski definition) is 2. The van der Waals surface area contributed by atoms with E-state index in [4.69, 9.17) is 10.5 Å². The zero-order chi connectivity index (χ0) is 27.8. The molecule has 1 aliphatic heterocycles. The summed E-state index contributed by atoms with van der Waals surface area (Å²) in [5.74, 6) is -3.78. The van der Waals surface area contributed by atoms with Crippen LogP contribution in [0.1, 0.15) is 75.3 Å². The van der Waals surface area contributed by atoms with Crippen molar-refractivity contribution in [3.63, 3.8) is 0 Å². The van der Waals surface area contributed by atoms with E-state index in [1.807, 2.05) is 0 Å². The third-order valence-corrected chi connectivity index (χ3v) is 9.52. The zero-order valence-electron chi connectivity index (χ0n) is 22.1. The second-order valence-electron chi connectivity index (χ2n) is 9.92. The number of anilines is 1. The van der Waals surface area contributed by atoms with Crippen LogP contribution in [0.3, 0.4) is 0 Å². The molecule has 2 aromatic heterocycles. The number of hydrogen-bond acceptors (Lipinski definition) is 7. The molecule has 3 amide bonds. The molecule has 0 spiro atoms. The zero-order valence-corrected chi connectivity index (χ0v) is 23.8. The highest BCUT2D eigenvalue weighted by Crippen LogP contribution is 2.43. The first-order chi connectivity index (χ1) is 17.9. The number of amides is 3. The number of carbonyl (C=O) groups excluding carboxylic acids is 3. The Labute approximate surface area is 229 Å². The monoisotopic (exact) mass is 568 g/mol. The number of esters is 1. The highest BCUT2D eigenvalue weighted by molar-refractivity contribution is 7.17. The molecule has 3 heterocycles. The first-order valence-electron chi connectivity index (χ1n) is 12.8. The van der Waals surface area contributed by atoms with Crippen molar-refractivity contribution in [1.29, 1.82) is 0 Å². The van der Waals surface area contributed by atoms with Gasteiger partial charge in [-0.15, -0.1) is 22.7 Å². The van der Waals surface area contributed by atoms with Crippen molar-refractivity contribution < 1.29 is 27.9 Å². The van der Waals surface area contributed by atoms with Gasteiger partial charge in [0.25, 0.3) is 5.92 Å². The van der Waals surface area contributed by atoms with Crippen molar-refractivity contribution in [2.75, 3.05) is 25.5 Å². The van der Waals surface area contributed by atoms with Crippen LogP contribution in [0.5, 0.6) is 0 Å². The van der Waals surface area contributed by atoms with Crippen molar-refractivity contribution in [2.24, 2.45) is 5.73 Å². The number of nitrogens with zero attached hydrogens (tertiary/aromatic N) is 2. The Morgan fingerprint density at radius 1 is 1.16 bits per heavy atom. The molecule has 0 aromatic carbocycles. The van der Waals surface area contributed by atoms with E-state index >= 15 is 0 Å². The minimum Gasteiger partial charge on any atom is -0.462 e. The van der Waals surface area contributed by atoms with Gasteiger partial charge in [0.1, 0.15) is 5.00 Å². The summed E-state index contributed by atoms with van der Waals surface area (Å²) >= 11 is 2.37. The minimum absolute atomic E-state index is 0.0303. The second kappa shape index (κ2) is 11.3. The lowest BCUT2D eigenvalue weighted by atomic mass is 9.95. The summed E-state index contributed by atoms with van der Waals surface area (Å²) in [4.78, 5) is 43.0. The van der Waals surface area contributed by atoms with Crippen LogP contribution in [-0.4, -0.2) is 53.9 Å². The molecule has 0 radical (unpaired) electrons. The van der Waals surface area contributed by atoms with Gasteiger partial charge < -0.3 is 20.3 Å². The molecule has 1 atom stereocenters. The Kier molecular flexibility index (Phi) is 8.43. The second-order valence-corrected chi connectivity index (χ2v) is 12.1. The minimum atomic E-state index is -3.10. The number of alkyl halides is 2. The van der Waals surface area contributed by atoms with E-state index in [9.17, 15) is 23.2 Å². The smallest absolute Gasteiger partial charge is 0.341 e. The molecule has 4 rings (SSSR count). The molecule has 0 fully saturated rings. The number of thiophene rings is 2. The van der Waals surface area contributed by atoms with Crippen LogP contribution in [0, 0.1) is 0 Å². The molecule has 3 N–H and O–H groups in total. The van der Waals surface area contributed by atoms with Gasteiger partial charge in [0.05, 0.1) is 29.6 Å². The maximum atomic E-state index is 14.7. The van der Waals surface area contributed by atoms with Gasteiger partial charge in [0.2, 0.25) is 5.91 Å². The molecule has 0 saturated heterocycles. The summed E-state index contributed by atoms with van der Waals surface area (Å²) < 4.78 is 34.6. The standard InChI is InChI=1S/C26H34F2N4O4S2/c1-5-36-24(34)20-16-8-6-7-9-18(16)38-22(20)30-25(35)31(4)12-17-15-10-11-32(23(33)14(2)29)13-19(15)37-21(17)26(3,27)28/h14H,5-13,29H2,1-4H3,(H,30,35). The summed E-state index contributed by atoms with van der Waals surface area (Å²) in [6.07, 6.45) is 4.00. The lowest BCUT2D eigenvalue weighted by molar-refractivity contribution is -0.133. The molecular formula is C26H34F2N4O4S2. The van der Waals surface area contributed by atoms with Crippen molar-refractivity contribution in [3.8, 4) is 0 Å². The van der Waals surface area contributed by atoms with Crippen LogP contribution in [0.25, 0.3) is 0 Å². The van der Waals surface area contributed by atoms with Crippen molar-refractivity contribution >= 4 is 45.6 Å². The van der Waals surface area contributed by atoms with E-state index in [0.717, 1.165) is 59.9 Å². The average molecular weight is 569 g/mol. The van der Waals surface area contributed by atoms with E-state index in [1.165, 1.54) is 16.2 Å². The summed E-state index contributed by atoms with van der Waals surface area (Å²) in [7, 11) is 1.54. The molecule has 2 aromatic rings. The molecule has 1 unspecified atom stereocenters. The summed E-state index contributed by atoms with van der Waals surface area (Å²) in [5.41, 5.74) is 8.26. The van der Waals surface area contributed by atoms with E-state index < -0.39 is 24.0 Å². The first-order valence-corrected chi connectivity index (χ1v) is 14.4. The molecule has 38 heavy (non-hydrogen) atoms. The maximum Gasteiger partial charge on any atom is 0.341 e. The number of nitrogens with one attached hydrogen (secondary N) is 1. The summed E-state index contributed by atoms with van der Waals surface area (Å²) in [6, 6.07) is -1.16. The Bertz CT molecular complexity index is 1230. The maximum absolute atomic E-state index is 14.7. The van der Waals surface area contributed by atoms with Crippen molar-refractivity contribution in [3.05, 3.63) is 36.9 Å². The average Bonchev–Trinajstić information content (AvgIpc) is 3.41. The number of ether oxygens (including phenoxy) is 1. The van der Waals surface area contributed by atoms with Gasteiger partial charge in [-0.3, -0.25) is 10.1 Å². The van der Waals surface area contributed by atoms with E-state index in [2.05, 4.69) is 5.32 Å². The van der Waals surface area contributed by atoms with Crippen LogP contribution in [0.2, 0.25) is 0 Å². The van der Waals surface area contributed by atoms with Crippen LogP contribution in [0.4, 0.5) is 18.6 Å². The lowest BCUT2D eigenvalue weighted by Gasteiger charge is -2.29. The number of fused-ring (bicyclic) bond motifs is 2. The Morgan fingerprint density at radius 3 is 2.53 bits per heavy atom. The molecule has 208 valence electrons. The van der Waals surface area contributed by atoms with Gasteiger partial charge in [-0.25, -0.2) is 18.4 Å². The number of rotatable bonds is 7. The fraction of sp³-hybridized carbons (Fsp3) is 0.577. The highest BCUT2D eigenvalue weighted by Gasteiger charge is 2.37. The summed E-state index contributed by atoms with van der Waals surface area (Å²) in [5, 5.41) is 3.28. The van der Waals surface area contributed by atoms with Crippen LogP contribution in [-0.2, 0) is 47.8 Å². The van der Waals surface area contributed by atoms with Crippen molar-refractivity contribution in [2.45, 2.75) is 77.9 Å². The third-order valence-electron chi connectivity index (χ3n) is 6.88. The number of urea groups is 1. The predicted octanol–water partition coefficient (Wildman–Crippen LogP) is 4.87. The molecule has 1 aliphatic carbocycles. The Balaban J connectivity index is 1.58. The van der Waals surface area contributed by atoms with Gasteiger partial charge in [0, 0.05) is 36.8 Å². The van der Waals surface area contributed by atoms with Gasteiger partial charge in [-0.2, -0.15) is 0 Å². The Morgan fingerprint density at radius 2 is 1.87 bits per heavy atom. The van der Waals surface area contributed by atoms with Crippen LogP contribution in [0.15, 0.2) is 0 Å². The van der Waals surface area contributed by atoms with Gasteiger partial charge >= 0.3 is 12.0 Å². The van der Waals surface area contributed by atoms with Crippen molar-refractivity contribution in [1.82, 2.24) is 9.80 Å². The van der Waals surface area contributed by atoms with E-state index in [0.29, 0.717) is 34.0 Å². The highest BCUT2D eigenvalue weighted by atomic mass is 32.1. The van der Waals surface area contributed by atoms with E-state index in [1.54, 1.807) is 25.8 Å². The van der Waals surface area contributed by atoms with Crippen LogP contribution < -0.4 is 11.1 Å². The normalized spacial score (nSPS) is 15.9. The first kappa shape index (κ1) is 28.4. The lowest BCUT2D eigenvalue weighted by Crippen LogP contribution is -2.44. The largest absolute Gasteiger partial charge is 0.462 e. The number of carbonyl (C=O) groups is 3. The summed E-state index contributed by atoms with van der Waals surface area (Å²) in [6.45, 7) is 4.99. The van der Waals surface area contributed by atoms with Gasteiger partial charge in [0.15, 0.2) is 0 Å². The molecular weight excluding hydrogens is 534 g/mol. The Hall–Kier alpha value is -2.57.